The number of amides is 1. The third-order valence-corrected chi connectivity index (χ3v) is 8.86. The molecule has 1 amide bonds. The van der Waals surface area contributed by atoms with Crippen LogP contribution in [0.5, 0.6) is 0 Å². The number of aromatic nitrogens is 4. The lowest BCUT2D eigenvalue weighted by Gasteiger charge is -2.13. The summed E-state index contributed by atoms with van der Waals surface area (Å²) in [6.07, 6.45) is 4.11. The van der Waals surface area contributed by atoms with Gasteiger partial charge in [0.25, 0.3) is 5.56 Å². The third-order valence-electron chi connectivity index (χ3n) is 6.54. The highest BCUT2D eigenvalue weighted by molar-refractivity contribution is 8.00. The first-order chi connectivity index (χ1) is 17.5. The number of rotatable bonds is 5. The van der Waals surface area contributed by atoms with Crippen molar-refractivity contribution in [1.29, 1.82) is 0 Å². The molecule has 3 heterocycles. The number of aryl methyl sites for hydroxylation is 3. The number of nitrogens with zero attached hydrogens (tertiary/aromatic N) is 4. The van der Waals surface area contributed by atoms with Crippen LogP contribution in [0.2, 0.25) is 0 Å². The van der Waals surface area contributed by atoms with E-state index in [1.165, 1.54) is 16.6 Å². The van der Waals surface area contributed by atoms with Crippen LogP contribution in [0.25, 0.3) is 21.7 Å². The summed E-state index contributed by atoms with van der Waals surface area (Å²) in [5, 5.41) is 12.8. The van der Waals surface area contributed by atoms with Gasteiger partial charge in [0.1, 0.15) is 4.83 Å². The van der Waals surface area contributed by atoms with Crippen LogP contribution < -0.4 is 10.9 Å². The van der Waals surface area contributed by atoms with Crippen molar-refractivity contribution in [2.75, 3.05) is 5.32 Å². The second-order valence-corrected chi connectivity index (χ2v) is 11.5. The molecule has 2 aromatic carbocycles. The smallest absolute Gasteiger partial charge is 0.268 e. The predicted octanol–water partition coefficient (Wildman–Crippen LogP) is 5.40. The van der Waals surface area contributed by atoms with Crippen molar-refractivity contribution in [3.05, 3.63) is 81.0 Å². The highest BCUT2D eigenvalue weighted by atomic mass is 32.2. The van der Waals surface area contributed by atoms with Crippen LogP contribution in [0, 0.1) is 6.92 Å². The number of carbonyl (C=O) groups is 1. The molecule has 0 spiro atoms. The number of nitrogens with one attached hydrogen (secondary N) is 1. The highest BCUT2D eigenvalue weighted by Gasteiger charge is 2.27. The summed E-state index contributed by atoms with van der Waals surface area (Å²) < 4.78 is 3.64. The van der Waals surface area contributed by atoms with Crippen LogP contribution >= 0.6 is 23.1 Å². The van der Waals surface area contributed by atoms with E-state index in [-0.39, 0.29) is 11.5 Å². The Morgan fingerprint density at radius 3 is 2.69 bits per heavy atom. The van der Waals surface area contributed by atoms with Gasteiger partial charge in [-0.3, -0.25) is 9.59 Å². The van der Waals surface area contributed by atoms with Crippen molar-refractivity contribution in [2.45, 2.75) is 49.9 Å². The predicted molar refractivity (Wildman–Crippen MR) is 146 cm³/mol. The van der Waals surface area contributed by atoms with E-state index >= 15 is 0 Å². The van der Waals surface area contributed by atoms with E-state index < -0.39 is 5.25 Å². The van der Waals surface area contributed by atoms with E-state index in [0.717, 1.165) is 58.4 Å². The molecule has 0 aliphatic heterocycles. The van der Waals surface area contributed by atoms with Crippen LogP contribution in [0.15, 0.2) is 64.5 Å². The van der Waals surface area contributed by atoms with Crippen molar-refractivity contribution in [3.8, 4) is 5.69 Å². The van der Waals surface area contributed by atoms with Gasteiger partial charge in [0.15, 0.2) is 5.16 Å². The van der Waals surface area contributed by atoms with E-state index in [0.29, 0.717) is 10.9 Å². The number of hydrogen-bond acceptors (Lipinski definition) is 6. The fourth-order valence-corrected chi connectivity index (χ4v) is 7.06. The molecule has 1 aliphatic rings. The average molecular weight is 516 g/mol. The molecule has 0 bridgehead atoms. The maximum atomic E-state index is 13.9. The van der Waals surface area contributed by atoms with E-state index in [1.807, 2.05) is 72.8 Å². The molecule has 0 unspecified atom stereocenters. The Morgan fingerprint density at radius 2 is 1.89 bits per heavy atom. The molecule has 1 atom stereocenters. The summed E-state index contributed by atoms with van der Waals surface area (Å²) in [4.78, 5) is 29.0. The maximum Gasteiger partial charge on any atom is 0.268 e. The number of fused-ring (bicyclic) bond motifs is 5. The molecule has 1 N–H and O–H groups in total. The molecule has 3 aromatic heterocycles. The van der Waals surface area contributed by atoms with Gasteiger partial charge in [-0.1, -0.05) is 42.1 Å². The molecular weight excluding hydrogens is 490 g/mol. The highest BCUT2D eigenvalue weighted by Crippen LogP contribution is 2.37. The second-order valence-electron chi connectivity index (χ2n) is 9.10. The van der Waals surface area contributed by atoms with Crippen molar-refractivity contribution < 1.29 is 4.79 Å². The van der Waals surface area contributed by atoms with Gasteiger partial charge in [-0.25, -0.2) is 8.97 Å². The Balaban J connectivity index is 1.51. The zero-order valence-electron chi connectivity index (χ0n) is 20.0. The quantitative estimate of drug-likeness (QED) is 0.317. The number of anilines is 1. The Kier molecular flexibility index (Phi) is 5.89. The Bertz CT molecular complexity index is 1670. The number of benzene rings is 2. The van der Waals surface area contributed by atoms with Gasteiger partial charge in [0.2, 0.25) is 11.7 Å². The zero-order valence-corrected chi connectivity index (χ0v) is 21.7. The third kappa shape index (κ3) is 3.92. The molecule has 36 heavy (non-hydrogen) atoms. The minimum Gasteiger partial charge on any atom is -0.325 e. The summed E-state index contributed by atoms with van der Waals surface area (Å²) >= 11 is 3.01. The van der Waals surface area contributed by atoms with E-state index in [2.05, 4.69) is 15.5 Å². The molecule has 182 valence electrons. The van der Waals surface area contributed by atoms with Crippen LogP contribution in [-0.2, 0) is 17.6 Å². The van der Waals surface area contributed by atoms with Gasteiger partial charge < -0.3 is 5.32 Å². The first-order valence-corrected chi connectivity index (χ1v) is 13.7. The minimum atomic E-state index is -0.415. The second kappa shape index (κ2) is 9.22. The molecule has 0 radical (unpaired) electrons. The van der Waals surface area contributed by atoms with Gasteiger partial charge in [0, 0.05) is 10.6 Å². The van der Waals surface area contributed by atoms with Crippen molar-refractivity contribution in [1.82, 2.24) is 19.2 Å². The number of thioether (sulfide) groups is 1. The molecule has 6 rings (SSSR count). The maximum absolute atomic E-state index is 13.9. The molecular formula is C27H25N5O2S2. The molecule has 0 fully saturated rings. The Labute approximate surface area is 216 Å². The first-order valence-electron chi connectivity index (χ1n) is 12.1. The zero-order chi connectivity index (χ0) is 24.8. The van der Waals surface area contributed by atoms with Crippen LogP contribution in [0.4, 0.5) is 5.69 Å². The molecule has 1 aliphatic carbocycles. The summed E-state index contributed by atoms with van der Waals surface area (Å²) in [5.41, 5.74) is 3.69. The van der Waals surface area contributed by atoms with Crippen molar-refractivity contribution >= 4 is 50.7 Å². The van der Waals surface area contributed by atoms with E-state index in [4.69, 9.17) is 0 Å². The van der Waals surface area contributed by atoms with E-state index in [9.17, 15) is 9.59 Å². The Morgan fingerprint density at radius 1 is 1.08 bits per heavy atom. The summed E-state index contributed by atoms with van der Waals surface area (Å²) in [5.74, 6) is 0.353. The summed E-state index contributed by atoms with van der Waals surface area (Å²) in [6.45, 7) is 3.87. The first kappa shape index (κ1) is 23.0. The normalized spacial score (nSPS) is 14.2. The monoisotopic (exact) mass is 515 g/mol. The van der Waals surface area contributed by atoms with Crippen LogP contribution in [0.1, 0.15) is 35.8 Å². The molecule has 0 saturated heterocycles. The van der Waals surface area contributed by atoms with Gasteiger partial charge >= 0.3 is 0 Å². The fraction of sp³-hybridized carbons (Fsp3) is 0.259. The van der Waals surface area contributed by atoms with Gasteiger partial charge in [-0.05, 0) is 74.9 Å². The summed E-state index contributed by atoms with van der Waals surface area (Å²) in [7, 11) is 0. The molecule has 0 saturated carbocycles. The topological polar surface area (TPSA) is 81.3 Å². The van der Waals surface area contributed by atoms with Crippen LogP contribution in [-0.4, -0.2) is 30.3 Å². The van der Waals surface area contributed by atoms with Gasteiger partial charge in [-0.2, -0.15) is 0 Å². The Hall–Kier alpha value is -3.43. The lowest BCUT2D eigenvalue weighted by molar-refractivity contribution is -0.115. The minimum absolute atomic E-state index is 0.0543. The average Bonchev–Trinajstić information content (AvgIpc) is 3.46. The number of hydrogen-bond donors (Lipinski definition) is 1. The van der Waals surface area contributed by atoms with E-state index in [1.54, 1.807) is 15.9 Å². The SMILES string of the molecule is Cc1cccc(-n2c(=O)c3c4c(sc3n3c(S[C@@H](C)C(=O)Nc5ccccc5)nnc23)CCCC4)c1. The van der Waals surface area contributed by atoms with Gasteiger partial charge in [0.05, 0.1) is 16.3 Å². The lowest BCUT2D eigenvalue weighted by atomic mass is 9.97. The van der Waals surface area contributed by atoms with Crippen LogP contribution in [0.3, 0.4) is 0 Å². The van der Waals surface area contributed by atoms with Crippen molar-refractivity contribution in [2.24, 2.45) is 0 Å². The molecule has 7 nitrogen and oxygen atoms in total. The summed E-state index contributed by atoms with van der Waals surface area (Å²) in [6, 6.07) is 17.3. The lowest BCUT2D eigenvalue weighted by Crippen LogP contribution is -2.23. The fourth-order valence-electron chi connectivity index (χ4n) is 4.77. The number of carbonyl (C=O) groups excluding carboxylic acids is 1. The van der Waals surface area contributed by atoms with Crippen molar-refractivity contribution in [3.63, 3.8) is 0 Å². The number of thiophene rings is 1. The number of para-hydroxylation sites is 1. The van der Waals surface area contributed by atoms with Gasteiger partial charge in [-0.15, -0.1) is 21.5 Å². The molecule has 9 heteroatoms. The molecule has 5 aromatic rings. The standard InChI is InChI=1S/C27H25N5O2S2/c1-16-9-8-12-19(15-16)31-24(34)22-20-13-6-7-14-21(20)36-25(22)32-26(31)29-30-27(32)35-17(2)23(33)28-18-10-4-3-5-11-18/h3-5,8-12,15,17H,6-7,13-14H2,1-2H3,(H,28,33)/t17-/m0/s1. The largest absolute Gasteiger partial charge is 0.325 e.